The summed E-state index contributed by atoms with van der Waals surface area (Å²) in [4.78, 5) is 10.3. The van der Waals surface area contributed by atoms with Crippen LogP contribution >= 0.6 is 11.3 Å². The van der Waals surface area contributed by atoms with Crippen molar-refractivity contribution in [3.8, 4) is 0 Å². The Morgan fingerprint density at radius 3 is 2.45 bits per heavy atom. The molecule has 0 bridgehead atoms. The van der Waals surface area contributed by atoms with Crippen LogP contribution in [0.2, 0.25) is 0 Å². The zero-order chi connectivity index (χ0) is 21.7. The number of hydrogen-bond acceptors (Lipinski definition) is 5. The monoisotopic (exact) mass is 437 g/mol. The third-order valence-electron chi connectivity index (χ3n) is 4.08. The van der Waals surface area contributed by atoms with Gasteiger partial charge in [0.2, 0.25) is 10.0 Å². The van der Waals surface area contributed by atoms with E-state index in [1.54, 1.807) is 36.6 Å². The number of nitrogens with one attached hydrogen (secondary N) is 3. The van der Waals surface area contributed by atoms with E-state index in [0.29, 0.717) is 24.6 Å². The van der Waals surface area contributed by atoms with Gasteiger partial charge >= 0.3 is 0 Å². The molecule has 2 aromatic rings. The van der Waals surface area contributed by atoms with Gasteiger partial charge in [0.25, 0.3) is 0 Å². The molecule has 0 aliphatic rings. The van der Waals surface area contributed by atoms with Crippen LogP contribution in [0.15, 0.2) is 34.2 Å². The fraction of sp³-hybridized carbons (Fsp3) is 0.500. The molecule has 0 radical (unpaired) electrons. The quantitative estimate of drug-likeness (QED) is 0.457. The molecule has 7 nitrogen and oxygen atoms in total. The van der Waals surface area contributed by atoms with Crippen molar-refractivity contribution in [3.63, 3.8) is 0 Å². The maximum atomic E-state index is 12.8. The molecule has 160 valence electrons. The minimum atomic E-state index is -3.62. The fourth-order valence-corrected chi connectivity index (χ4v) is 5.30. The molecule has 9 heteroatoms. The summed E-state index contributed by atoms with van der Waals surface area (Å²) < 4.78 is 28.2. The molecule has 0 fully saturated rings. The topological polar surface area (TPSA) is 95.5 Å². The lowest BCUT2D eigenvalue weighted by Crippen LogP contribution is -2.41. The van der Waals surface area contributed by atoms with Crippen LogP contribution in [0.25, 0.3) is 0 Å². The smallest absolute Gasteiger partial charge is 0.241 e. The first-order valence-electron chi connectivity index (χ1n) is 9.51. The molecular formula is C20H31N5O2S2. The molecule has 0 atom stereocenters. The van der Waals surface area contributed by atoms with Gasteiger partial charge in [0.1, 0.15) is 0 Å². The minimum absolute atomic E-state index is 0.270. The summed E-state index contributed by atoms with van der Waals surface area (Å²) >= 11 is 1.71. The summed E-state index contributed by atoms with van der Waals surface area (Å²) in [7, 11) is -1.92. The highest BCUT2D eigenvalue weighted by Gasteiger charge is 2.24. The number of nitrogens with zero attached hydrogens (tertiary/aromatic N) is 2. The Labute approximate surface area is 178 Å². The van der Waals surface area contributed by atoms with Crippen molar-refractivity contribution in [2.45, 2.75) is 58.0 Å². The van der Waals surface area contributed by atoms with Crippen LogP contribution < -0.4 is 15.4 Å². The van der Waals surface area contributed by atoms with Crippen LogP contribution in [0.4, 0.5) is 0 Å². The molecule has 0 amide bonds. The molecule has 0 saturated heterocycles. The summed E-state index contributed by atoms with van der Waals surface area (Å²) in [6.45, 7) is 10.6. The average molecular weight is 438 g/mol. The number of thiazole rings is 1. The average Bonchev–Trinajstić information content (AvgIpc) is 2.94. The summed E-state index contributed by atoms with van der Waals surface area (Å²) in [6, 6.07) is 6.98. The van der Waals surface area contributed by atoms with Crippen LogP contribution in [-0.4, -0.2) is 38.5 Å². The van der Waals surface area contributed by atoms with E-state index in [4.69, 9.17) is 0 Å². The van der Waals surface area contributed by atoms with E-state index >= 15 is 0 Å². The molecule has 2 rings (SSSR count). The van der Waals surface area contributed by atoms with E-state index in [1.807, 2.05) is 33.8 Å². The van der Waals surface area contributed by atoms with Crippen molar-refractivity contribution in [1.82, 2.24) is 20.3 Å². The van der Waals surface area contributed by atoms with Crippen LogP contribution in [0.3, 0.4) is 0 Å². The molecule has 1 aromatic carbocycles. The van der Waals surface area contributed by atoms with Crippen molar-refractivity contribution >= 4 is 27.3 Å². The number of aryl methyl sites for hydroxylation is 2. The van der Waals surface area contributed by atoms with Gasteiger partial charge in [0.15, 0.2) is 5.96 Å². The Balaban J connectivity index is 1.99. The van der Waals surface area contributed by atoms with Crippen molar-refractivity contribution in [1.29, 1.82) is 0 Å². The summed E-state index contributed by atoms with van der Waals surface area (Å²) in [5, 5.41) is 7.54. The van der Waals surface area contributed by atoms with Gasteiger partial charge in [-0.3, -0.25) is 4.99 Å². The number of rotatable bonds is 7. The lowest BCUT2D eigenvalue weighted by Gasteiger charge is -2.22. The van der Waals surface area contributed by atoms with Gasteiger partial charge in [0, 0.05) is 37.0 Å². The van der Waals surface area contributed by atoms with Gasteiger partial charge in [-0.2, -0.15) is 0 Å². The molecule has 0 spiro atoms. The van der Waals surface area contributed by atoms with Gasteiger partial charge in [-0.05, 0) is 46.2 Å². The van der Waals surface area contributed by atoms with Gasteiger partial charge < -0.3 is 10.6 Å². The summed E-state index contributed by atoms with van der Waals surface area (Å²) in [5.41, 5.74) is 1.20. The van der Waals surface area contributed by atoms with Gasteiger partial charge in [-0.25, -0.2) is 18.1 Å². The van der Waals surface area contributed by atoms with Crippen molar-refractivity contribution in [2.75, 3.05) is 13.6 Å². The first-order valence-corrected chi connectivity index (χ1v) is 11.8. The molecule has 0 aliphatic heterocycles. The van der Waals surface area contributed by atoms with Crippen molar-refractivity contribution in [3.05, 3.63) is 45.4 Å². The lowest BCUT2D eigenvalue weighted by molar-refractivity contribution is 0.491. The van der Waals surface area contributed by atoms with E-state index in [-0.39, 0.29) is 4.90 Å². The molecule has 1 heterocycles. The molecule has 29 heavy (non-hydrogen) atoms. The number of hydrogen-bond donors (Lipinski definition) is 3. The molecule has 1 aromatic heterocycles. The zero-order valence-corrected chi connectivity index (χ0v) is 19.6. The maximum Gasteiger partial charge on any atom is 0.241 e. The van der Waals surface area contributed by atoms with Gasteiger partial charge in [0.05, 0.1) is 15.6 Å². The number of guanidine groups is 1. The largest absolute Gasteiger partial charge is 0.356 e. The highest BCUT2D eigenvalue weighted by Crippen LogP contribution is 2.18. The van der Waals surface area contributed by atoms with Crippen LogP contribution in [0.1, 0.15) is 41.9 Å². The van der Waals surface area contributed by atoms with Crippen molar-refractivity contribution < 1.29 is 8.42 Å². The molecule has 3 N–H and O–H groups in total. The predicted molar refractivity (Wildman–Crippen MR) is 120 cm³/mol. The number of sulfonamides is 1. The first-order chi connectivity index (χ1) is 13.5. The Hall–Kier alpha value is -1.97. The third-order valence-corrected chi connectivity index (χ3v) is 7.07. The SMILES string of the molecule is CN=C(NCCc1nc(C)c(C)s1)NCc1ccccc1S(=O)(=O)NC(C)(C)C. The van der Waals surface area contributed by atoms with Gasteiger partial charge in [-0.15, -0.1) is 11.3 Å². The second-order valence-electron chi connectivity index (χ2n) is 7.81. The second-order valence-corrected chi connectivity index (χ2v) is 10.8. The first kappa shape index (κ1) is 23.3. The Morgan fingerprint density at radius 2 is 1.86 bits per heavy atom. The molecular weight excluding hydrogens is 406 g/mol. The zero-order valence-electron chi connectivity index (χ0n) is 18.0. The van der Waals surface area contributed by atoms with Crippen LogP contribution in [0, 0.1) is 13.8 Å². The fourth-order valence-electron chi connectivity index (χ4n) is 2.70. The lowest BCUT2D eigenvalue weighted by atomic mass is 10.1. The Bertz CT molecular complexity index is 940. The highest BCUT2D eigenvalue weighted by molar-refractivity contribution is 7.89. The van der Waals surface area contributed by atoms with E-state index in [9.17, 15) is 8.42 Å². The van der Waals surface area contributed by atoms with Crippen LogP contribution in [0.5, 0.6) is 0 Å². The number of aromatic nitrogens is 1. The Morgan fingerprint density at radius 1 is 1.17 bits per heavy atom. The summed E-state index contributed by atoms with van der Waals surface area (Å²) in [6.07, 6.45) is 0.806. The van der Waals surface area contributed by atoms with Crippen molar-refractivity contribution in [2.24, 2.45) is 4.99 Å². The Kier molecular flexibility index (Phi) is 7.79. The normalized spacial score (nSPS) is 12.8. The van der Waals surface area contributed by atoms with E-state index in [0.717, 1.165) is 17.1 Å². The maximum absolute atomic E-state index is 12.8. The number of aliphatic imine (C=N–C) groups is 1. The van der Waals surface area contributed by atoms with Gasteiger partial charge in [-0.1, -0.05) is 18.2 Å². The summed E-state index contributed by atoms with van der Waals surface area (Å²) in [5.74, 6) is 0.617. The highest BCUT2D eigenvalue weighted by atomic mass is 32.2. The van der Waals surface area contributed by atoms with Crippen LogP contribution in [-0.2, 0) is 23.0 Å². The third kappa shape index (κ3) is 7.09. The van der Waals surface area contributed by atoms with E-state index in [1.165, 1.54) is 4.88 Å². The van der Waals surface area contributed by atoms with E-state index < -0.39 is 15.6 Å². The molecule has 0 unspecified atom stereocenters. The predicted octanol–water partition coefficient (Wildman–Crippen LogP) is 2.74. The second kappa shape index (κ2) is 9.69. The van der Waals surface area contributed by atoms with E-state index in [2.05, 4.69) is 32.3 Å². The molecule has 0 aliphatic carbocycles. The minimum Gasteiger partial charge on any atom is -0.356 e. The standard InChI is InChI=1S/C20H31N5O2S2/c1-14-15(2)28-18(24-14)11-12-22-19(21-6)23-13-16-9-7-8-10-17(16)29(26,27)25-20(3,4)5/h7-10,25H,11-13H2,1-6H3,(H2,21,22,23). The number of benzene rings is 1. The molecule has 0 saturated carbocycles.